The predicted molar refractivity (Wildman–Crippen MR) is 94.1 cm³/mol. The average Bonchev–Trinajstić information content (AvgIpc) is 2.39. The topological polar surface area (TPSA) is 78.6 Å². The van der Waals surface area contributed by atoms with Gasteiger partial charge in [-0.1, -0.05) is 26.0 Å². The average molecular weight is 325 g/mol. The standard InChI is InChI=1S/C18H35N3O2/c1-13(2)10-15(19)8-7-9-20-16(22)14-11-17(3,4)21(23)18(5,6)12-14/h7-8,13-15,23H,9-12,19H2,1-6H3,(H,20,22)/b8-7+/t15-/m1/s1. The molecule has 1 saturated heterocycles. The lowest BCUT2D eigenvalue weighted by atomic mass is 9.75. The second kappa shape index (κ2) is 7.77. The number of amides is 1. The minimum atomic E-state index is -0.404. The lowest BCUT2D eigenvalue weighted by molar-refractivity contribution is -0.249. The summed E-state index contributed by atoms with van der Waals surface area (Å²) in [7, 11) is 0. The van der Waals surface area contributed by atoms with E-state index in [0.717, 1.165) is 6.42 Å². The van der Waals surface area contributed by atoms with Crippen LogP contribution in [0.2, 0.25) is 0 Å². The maximum atomic E-state index is 12.4. The molecule has 4 N–H and O–H groups in total. The van der Waals surface area contributed by atoms with Gasteiger partial charge in [-0.25, -0.2) is 0 Å². The number of carbonyl (C=O) groups excluding carboxylic acids is 1. The van der Waals surface area contributed by atoms with E-state index in [1.807, 2.05) is 39.8 Å². The molecular formula is C18H35N3O2. The Morgan fingerprint density at radius 2 is 1.83 bits per heavy atom. The second-order valence-corrected chi connectivity index (χ2v) is 8.51. The first-order chi connectivity index (χ1) is 10.5. The van der Waals surface area contributed by atoms with Crippen molar-refractivity contribution in [2.45, 2.75) is 77.9 Å². The zero-order valence-electron chi connectivity index (χ0n) is 15.6. The molecule has 23 heavy (non-hydrogen) atoms. The number of nitrogens with zero attached hydrogens (tertiary/aromatic N) is 1. The molecule has 0 aliphatic carbocycles. The van der Waals surface area contributed by atoms with Crippen LogP contribution in [0.5, 0.6) is 0 Å². The van der Waals surface area contributed by atoms with Crippen molar-refractivity contribution < 1.29 is 10.0 Å². The van der Waals surface area contributed by atoms with Crippen LogP contribution in [-0.4, -0.2) is 39.8 Å². The molecule has 0 spiro atoms. The highest BCUT2D eigenvalue weighted by molar-refractivity contribution is 5.79. The third kappa shape index (κ3) is 5.90. The lowest BCUT2D eigenvalue weighted by Gasteiger charge is -2.51. The summed E-state index contributed by atoms with van der Waals surface area (Å²) in [5.41, 5.74) is 5.18. The highest BCUT2D eigenvalue weighted by Crippen LogP contribution is 2.39. The summed E-state index contributed by atoms with van der Waals surface area (Å²) in [5, 5.41) is 14.7. The zero-order valence-corrected chi connectivity index (χ0v) is 15.6. The summed E-state index contributed by atoms with van der Waals surface area (Å²) in [6, 6.07) is 0.0439. The normalized spacial score (nSPS) is 23.3. The Hall–Kier alpha value is -0.910. The van der Waals surface area contributed by atoms with E-state index < -0.39 is 11.1 Å². The van der Waals surface area contributed by atoms with E-state index in [-0.39, 0.29) is 17.9 Å². The molecule has 1 rings (SSSR count). The number of carbonyl (C=O) groups is 1. The summed E-state index contributed by atoms with van der Waals surface area (Å²) in [6.45, 7) is 12.7. The van der Waals surface area contributed by atoms with E-state index in [9.17, 15) is 10.0 Å². The number of rotatable bonds is 6. The van der Waals surface area contributed by atoms with Gasteiger partial charge in [0.1, 0.15) is 0 Å². The molecule has 0 saturated carbocycles. The SMILES string of the molecule is CC(C)C[C@H](N)/C=C/CNC(=O)C1CC(C)(C)N(O)C(C)(C)C1. The Morgan fingerprint density at radius 3 is 2.30 bits per heavy atom. The van der Waals surface area contributed by atoms with Crippen molar-refractivity contribution in [3.05, 3.63) is 12.2 Å². The number of nitrogens with one attached hydrogen (secondary N) is 1. The Balaban J connectivity index is 2.51. The third-order valence-electron chi connectivity index (χ3n) is 4.53. The van der Waals surface area contributed by atoms with Crippen LogP contribution in [0.3, 0.4) is 0 Å². The molecule has 0 aromatic carbocycles. The lowest BCUT2D eigenvalue weighted by Crippen LogP contribution is -2.60. The van der Waals surface area contributed by atoms with Gasteiger partial charge in [0.05, 0.1) is 0 Å². The maximum Gasteiger partial charge on any atom is 0.223 e. The number of hydrogen-bond donors (Lipinski definition) is 3. The smallest absolute Gasteiger partial charge is 0.223 e. The van der Waals surface area contributed by atoms with Gasteiger partial charge < -0.3 is 16.3 Å². The van der Waals surface area contributed by atoms with Gasteiger partial charge in [0, 0.05) is 29.6 Å². The Kier molecular flexibility index (Phi) is 6.81. The van der Waals surface area contributed by atoms with Crippen LogP contribution in [0.25, 0.3) is 0 Å². The Bertz CT molecular complexity index is 412. The number of piperidine rings is 1. The molecule has 0 bridgehead atoms. The Labute approximate surface area is 141 Å². The number of nitrogens with two attached hydrogens (primary N) is 1. The monoisotopic (exact) mass is 325 g/mol. The van der Waals surface area contributed by atoms with Gasteiger partial charge in [-0.05, 0) is 52.9 Å². The highest BCUT2D eigenvalue weighted by Gasteiger charge is 2.46. The van der Waals surface area contributed by atoms with Crippen molar-refractivity contribution in [1.82, 2.24) is 10.4 Å². The van der Waals surface area contributed by atoms with Gasteiger partial charge in [0.15, 0.2) is 0 Å². The fraction of sp³-hybridized carbons (Fsp3) is 0.833. The molecule has 1 aliphatic rings. The van der Waals surface area contributed by atoms with E-state index in [1.54, 1.807) is 0 Å². The van der Waals surface area contributed by atoms with Gasteiger partial charge in [0.2, 0.25) is 5.91 Å². The van der Waals surface area contributed by atoms with E-state index >= 15 is 0 Å². The second-order valence-electron chi connectivity index (χ2n) is 8.51. The number of hydrogen-bond acceptors (Lipinski definition) is 4. The van der Waals surface area contributed by atoms with Crippen LogP contribution < -0.4 is 11.1 Å². The molecule has 1 fully saturated rings. The van der Waals surface area contributed by atoms with Crippen molar-refractivity contribution in [2.75, 3.05) is 6.54 Å². The first-order valence-electron chi connectivity index (χ1n) is 8.65. The van der Waals surface area contributed by atoms with Crippen molar-refractivity contribution in [3.8, 4) is 0 Å². The van der Waals surface area contributed by atoms with Crippen molar-refractivity contribution in [2.24, 2.45) is 17.6 Å². The van der Waals surface area contributed by atoms with Gasteiger partial charge >= 0.3 is 0 Å². The molecule has 0 aromatic heterocycles. The highest BCUT2D eigenvalue weighted by atomic mass is 16.5. The van der Waals surface area contributed by atoms with Crippen molar-refractivity contribution >= 4 is 5.91 Å². The van der Waals surface area contributed by atoms with Gasteiger partial charge in [0.25, 0.3) is 0 Å². The summed E-state index contributed by atoms with van der Waals surface area (Å²) >= 11 is 0. The molecule has 0 unspecified atom stereocenters. The molecule has 1 amide bonds. The van der Waals surface area contributed by atoms with Gasteiger partial charge in [-0.3, -0.25) is 4.79 Å². The van der Waals surface area contributed by atoms with Gasteiger partial charge in [-0.15, -0.1) is 0 Å². The summed E-state index contributed by atoms with van der Waals surface area (Å²) in [5.74, 6) is 0.542. The van der Waals surface area contributed by atoms with Crippen molar-refractivity contribution in [3.63, 3.8) is 0 Å². The fourth-order valence-corrected chi connectivity index (χ4v) is 3.63. The molecule has 1 atom stereocenters. The van der Waals surface area contributed by atoms with Crippen LogP contribution >= 0.6 is 0 Å². The van der Waals surface area contributed by atoms with Crippen LogP contribution in [-0.2, 0) is 4.79 Å². The van der Waals surface area contributed by atoms with E-state index in [0.29, 0.717) is 25.3 Å². The fourth-order valence-electron chi connectivity index (χ4n) is 3.63. The largest absolute Gasteiger partial charge is 0.352 e. The first-order valence-corrected chi connectivity index (χ1v) is 8.65. The van der Waals surface area contributed by atoms with Gasteiger partial charge in [-0.2, -0.15) is 5.06 Å². The summed E-state index contributed by atoms with van der Waals surface area (Å²) in [4.78, 5) is 12.4. The molecular weight excluding hydrogens is 290 g/mol. The minimum absolute atomic E-state index is 0.0439. The molecule has 0 radical (unpaired) electrons. The summed E-state index contributed by atoms with van der Waals surface area (Å²) < 4.78 is 0. The number of hydroxylamine groups is 2. The van der Waals surface area contributed by atoms with Crippen LogP contribution in [0, 0.1) is 11.8 Å². The molecule has 1 aliphatic heterocycles. The maximum absolute atomic E-state index is 12.4. The predicted octanol–water partition coefficient (Wildman–Crippen LogP) is 2.69. The van der Waals surface area contributed by atoms with Crippen LogP contribution in [0.4, 0.5) is 0 Å². The molecule has 1 heterocycles. The van der Waals surface area contributed by atoms with E-state index in [1.165, 1.54) is 5.06 Å². The summed E-state index contributed by atoms with van der Waals surface area (Å²) in [6.07, 6.45) is 6.14. The van der Waals surface area contributed by atoms with Crippen LogP contribution in [0.1, 0.15) is 60.8 Å². The first kappa shape index (κ1) is 20.1. The van der Waals surface area contributed by atoms with E-state index in [2.05, 4.69) is 19.2 Å². The molecule has 134 valence electrons. The quantitative estimate of drug-likeness (QED) is 0.656. The zero-order chi connectivity index (χ0) is 17.8. The Morgan fingerprint density at radius 1 is 1.30 bits per heavy atom. The molecule has 5 heteroatoms. The molecule has 5 nitrogen and oxygen atoms in total. The third-order valence-corrected chi connectivity index (χ3v) is 4.53. The van der Waals surface area contributed by atoms with Crippen molar-refractivity contribution in [1.29, 1.82) is 0 Å². The molecule has 0 aromatic rings. The van der Waals surface area contributed by atoms with E-state index in [4.69, 9.17) is 5.73 Å². The minimum Gasteiger partial charge on any atom is -0.352 e. The van der Waals surface area contributed by atoms with Crippen LogP contribution in [0.15, 0.2) is 12.2 Å².